The molecule has 0 saturated carbocycles. The monoisotopic (exact) mass is 998 g/mol. The summed E-state index contributed by atoms with van der Waals surface area (Å²) in [6.07, 6.45) is 0.757. The molecule has 71 heavy (non-hydrogen) atoms. The lowest BCUT2D eigenvalue weighted by molar-refractivity contribution is -0.152. The number of hydrogen-bond donors (Lipinski definition) is 7. The summed E-state index contributed by atoms with van der Waals surface area (Å²) in [5.74, 6) is -3.85. The Hall–Kier alpha value is -8.45. The number of aromatic nitrogens is 6. The summed E-state index contributed by atoms with van der Waals surface area (Å²) in [6, 6.07) is 20.5. The zero-order valence-electron chi connectivity index (χ0n) is 39.0. The number of carbonyl (C=O) groups is 5. The summed E-state index contributed by atoms with van der Waals surface area (Å²) in [5, 5.41) is 19.9. The molecule has 3 atom stereocenters. The molecule has 0 aliphatic carbocycles. The quantitative estimate of drug-likeness (QED) is 0.0727. The number of thioether (sulfide) groups is 1. The number of aliphatic carboxylic acids is 2. The molecule has 25 heteroatoms. The number of fused-ring (bicyclic) bond motifs is 2. The Morgan fingerprint density at radius 2 is 1.65 bits per heavy atom. The van der Waals surface area contributed by atoms with Crippen LogP contribution < -0.4 is 42.6 Å². The van der Waals surface area contributed by atoms with Crippen molar-refractivity contribution in [2.24, 2.45) is 0 Å². The largest absolute Gasteiger partial charge is 0.497 e. The number of nitrogen functional groups attached to an aromatic ring is 2. The van der Waals surface area contributed by atoms with E-state index in [9.17, 15) is 43.1 Å². The number of carbonyl (C=O) groups excluding carboxylic acids is 3. The molecular weight excluding hydrogens is 948 g/mol. The first-order valence-corrected chi connectivity index (χ1v) is 22.2. The number of nitrogens with zero attached hydrogens (tertiary/aromatic N) is 7. The fourth-order valence-electron chi connectivity index (χ4n) is 6.66. The van der Waals surface area contributed by atoms with Crippen molar-refractivity contribution >= 4 is 75.8 Å². The molecule has 2 amide bonds. The summed E-state index contributed by atoms with van der Waals surface area (Å²) in [5.41, 5.74) is 13.7. The number of nitrogens with one attached hydrogen (secondary N) is 3. The third kappa shape index (κ3) is 15.0. The molecule has 3 aromatic heterocycles. The lowest BCUT2D eigenvalue weighted by atomic mass is 10.1. The van der Waals surface area contributed by atoms with Crippen LogP contribution >= 0.6 is 11.8 Å². The van der Waals surface area contributed by atoms with E-state index in [-0.39, 0.29) is 41.3 Å². The van der Waals surface area contributed by atoms with Gasteiger partial charge < -0.3 is 56.2 Å². The molecule has 1 aliphatic heterocycles. The number of anilines is 4. The minimum absolute atomic E-state index is 0.0138. The van der Waals surface area contributed by atoms with Crippen LogP contribution in [0.5, 0.6) is 5.75 Å². The maximum absolute atomic E-state index is 13.6. The van der Waals surface area contributed by atoms with E-state index in [1.807, 2.05) is 84.5 Å². The molecule has 374 valence electrons. The molecular formula is C46H51FN12O11S. The van der Waals surface area contributed by atoms with Crippen LogP contribution in [0.15, 0.2) is 99.7 Å². The number of amides is 2. The van der Waals surface area contributed by atoms with E-state index in [4.69, 9.17) is 26.0 Å². The van der Waals surface area contributed by atoms with Gasteiger partial charge in [0.25, 0.3) is 17.4 Å². The number of para-hydroxylation sites is 1. The molecule has 0 unspecified atom stereocenters. The van der Waals surface area contributed by atoms with Gasteiger partial charge in [-0.1, -0.05) is 24.3 Å². The van der Waals surface area contributed by atoms with Gasteiger partial charge in [0.05, 0.1) is 36.5 Å². The third-order valence-electron chi connectivity index (χ3n) is 10.2. The Kier molecular flexibility index (Phi) is 18.6. The van der Waals surface area contributed by atoms with Crippen molar-refractivity contribution in [2.75, 3.05) is 62.6 Å². The van der Waals surface area contributed by atoms with Crippen molar-refractivity contribution in [3.05, 3.63) is 129 Å². The highest BCUT2D eigenvalue weighted by atomic mass is 32.2. The Labute approximate surface area is 408 Å². The first kappa shape index (κ1) is 53.5. The van der Waals surface area contributed by atoms with Gasteiger partial charge in [-0.2, -0.15) is 14.4 Å². The summed E-state index contributed by atoms with van der Waals surface area (Å²) in [4.78, 5) is 107. The Balaban J connectivity index is 0.000000226. The molecule has 1 aliphatic rings. The molecule has 3 aromatic carbocycles. The number of likely N-dealkylation sites (N-methyl/N-ethyl adjacent to an activating group) is 1. The Morgan fingerprint density at radius 1 is 0.958 bits per heavy atom. The first-order chi connectivity index (χ1) is 33.7. The van der Waals surface area contributed by atoms with Gasteiger partial charge in [0.2, 0.25) is 11.8 Å². The number of methoxy groups -OCH3 is 1. The number of nitrogens with two attached hydrogens (primary N) is 2. The number of carboxylic acid groups (broad SMARTS) is 2. The van der Waals surface area contributed by atoms with E-state index in [1.54, 1.807) is 47.1 Å². The molecule has 0 radical (unpaired) electrons. The molecule has 7 rings (SSSR count). The Bertz CT molecular complexity index is 2980. The van der Waals surface area contributed by atoms with Crippen molar-refractivity contribution in [1.29, 1.82) is 0 Å². The number of aromatic amines is 2. The second-order valence-electron chi connectivity index (χ2n) is 15.7. The van der Waals surface area contributed by atoms with Gasteiger partial charge in [-0.3, -0.25) is 29.0 Å². The van der Waals surface area contributed by atoms with Crippen molar-refractivity contribution < 1.29 is 48.0 Å². The number of carboxylic acids is 2. The standard InChI is InChI=1S/C22H26N2O4S.C20H22N8O5.C4H3FN2O2/c1-15(25)28-20-21(16-9-11-17(27-4)12-10-16)29-19-8-6-5-7-18(19)24(22(20)26)14-13-23(2)3;1-28(9-11-8-23-17-15(24-11)16(21)26-20(22)27-17)12-4-2-10(3-5-12)18(31)25-13(19(32)33)6-7-14(29)30;5-2-1-6-4(9)7-3(2)8/h5-12,20-21H,13-14H2,1-4H3;2-5,8,13H,6-7,9H2,1H3,(H,25,31)(H,29,30)(H,32,33)(H4,21,22,23,26,27);1H,(H2,6,7,8,9)/t20-,21+;13-;/m10./s1. The molecule has 6 aromatic rings. The highest BCUT2D eigenvalue weighted by Crippen LogP contribution is 2.47. The lowest BCUT2D eigenvalue weighted by Gasteiger charge is -2.28. The van der Waals surface area contributed by atoms with Crippen LogP contribution in [0.4, 0.5) is 27.5 Å². The average Bonchev–Trinajstić information content (AvgIpc) is 3.44. The lowest BCUT2D eigenvalue weighted by Crippen LogP contribution is -2.45. The van der Waals surface area contributed by atoms with Crippen molar-refractivity contribution in [2.45, 2.75) is 48.6 Å². The third-order valence-corrected chi connectivity index (χ3v) is 11.6. The van der Waals surface area contributed by atoms with Crippen LogP contribution in [0.2, 0.25) is 0 Å². The smallest absolute Gasteiger partial charge is 0.326 e. The van der Waals surface area contributed by atoms with Crippen molar-refractivity contribution in [1.82, 2.24) is 40.1 Å². The molecule has 4 heterocycles. The SMILES string of the molecule is CN(Cc1cnc2nc(N)nc(N)c2n1)c1ccc(C(=O)N[C@@H](CCC(=O)O)C(=O)O)cc1.COc1ccc([C@@H]2Sc3ccccc3N(CCN(C)C)C(=O)[C@@H]2OC(C)=O)cc1.O=c1[nH]cc(F)c(=O)[nH]1. The average molecular weight is 999 g/mol. The van der Waals surface area contributed by atoms with E-state index >= 15 is 0 Å². The predicted molar refractivity (Wildman–Crippen MR) is 260 cm³/mol. The predicted octanol–water partition coefficient (Wildman–Crippen LogP) is 2.84. The van der Waals surface area contributed by atoms with Crippen LogP contribution in [0, 0.1) is 5.82 Å². The molecule has 9 N–H and O–H groups in total. The number of H-pyrrole nitrogens is 2. The van der Waals surface area contributed by atoms with Crippen LogP contribution in [-0.2, 0) is 30.5 Å². The molecule has 0 bridgehead atoms. The van der Waals surface area contributed by atoms with Crippen LogP contribution in [0.25, 0.3) is 11.2 Å². The van der Waals surface area contributed by atoms with E-state index in [2.05, 4.69) is 25.3 Å². The summed E-state index contributed by atoms with van der Waals surface area (Å²) >= 11 is 1.54. The van der Waals surface area contributed by atoms with E-state index in [1.165, 1.54) is 19.1 Å². The van der Waals surface area contributed by atoms with Crippen LogP contribution in [0.1, 0.15) is 46.6 Å². The molecule has 0 saturated heterocycles. The van der Waals surface area contributed by atoms with Gasteiger partial charge in [-0.15, -0.1) is 11.8 Å². The van der Waals surface area contributed by atoms with Crippen molar-refractivity contribution in [3.8, 4) is 5.75 Å². The number of esters is 1. The Morgan fingerprint density at radius 3 is 2.25 bits per heavy atom. The van der Waals surface area contributed by atoms with E-state index in [0.29, 0.717) is 42.7 Å². The maximum atomic E-state index is 13.6. The van der Waals surface area contributed by atoms with E-state index < -0.39 is 53.0 Å². The fourth-order valence-corrected chi connectivity index (χ4v) is 7.98. The van der Waals surface area contributed by atoms with Crippen LogP contribution in [-0.4, -0.2) is 128 Å². The van der Waals surface area contributed by atoms with E-state index in [0.717, 1.165) is 27.6 Å². The fraction of sp³-hybridized carbons (Fsp3) is 0.283. The van der Waals surface area contributed by atoms with Gasteiger partial charge in [0.15, 0.2) is 23.1 Å². The number of hydrogen-bond acceptors (Lipinski definition) is 18. The summed E-state index contributed by atoms with van der Waals surface area (Å²) < 4.78 is 22.8. The highest BCUT2D eigenvalue weighted by Gasteiger charge is 2.40. The topological polar surface area (TPSA) is 335 Å². The summed E-state index contributed by atoms with van der Waals surface area (Å²) in [6.45, 7) is 2.92. The number of ether oxygens (including phenoxy) is 2. The maximum Gasteiger partial charge on any atom is 0.326 e. The zero-order valence-corrected chi connectivity index (χ0v) is 39.8. The molecule has 23 nitrogen and oxygen atoms in total. The van der Waals surface area contributed by atoms with Gasteiger partial charge in [0, 0.05) is 55.8 Å². The van der Waals surface area contributed by atoms with Gasteiger partial charge in [0.1, 0.15) is 11.8 Å². The normalized spacial score (nSPS) is 14.4. The van der Waals surface area contributed by atoms with Crippen molar-refractivity contribution in [3.63, 3.8) is 0 Å². The summed E-state index contributed by atoms with van der Waals surface area (Å²) in [7, 11) is 7.36. The number of benzene rings is 3. The number of halogens is 1. The zero-order chi connectivity index (χ0) is 51.9. The minimum atomic E-state index is -1.30. The molecule has 0 spiro atoms. The first-order valence-electron chi connectivity index (χ1n) is 21.4. The van der Waals surface area contributed by atoms with Gasteiger partial charge in [-0.25, -0.2) is 19.6 Å². The minimum Gasteiger partial charge on any atom is -0.497 e. The van der Waals surface area contributed by atoms with Crippen LogP contribution in [0.3, 0.4) is 0 Å². The second kappa shape index (κ2) is 24.7. The highest BCUT2D eigenvalue weighted by molar-refractivity contribution is 7.99. The molecule has 0 fully saturated rings. The van der Waals surface area contributed by atoms with Gasteiger partial charge >= 0.3 is 23.6 Å². The second-order valence-corrected chi connectivity index (χ2v) is 16.9. The van der Waals surface area contributed by atoms with Gasteiger partial charge in [-0.05, 0) is 74.6 Å². The number of rotatable bonds is 15.